The van der Waals surface area contributed by atoms with Crippen LogP contribution in [0.25, 0.3) is 10.9 Å². The molecule has 2 aromatic heterocycles. The van der Waals surface area contributed by atoms with Gasteiger partial charge < -0.3 is 10.6 Å². The van der Waals surface area contributed by atoms with Gasteiger partial charge in [0.05, 0.1) is 21.0 Å². The van der Waals surface area contributed by atoms with Crippen LogP contribution in [0.15, 0.2) is 54.9 Å². The van der Waals surface area contributed by atoms with Crippen LogP contribution in [0.2, 0.25) is 5.02 Å². The van der Waals surface area contributed by atoms with E-state index in [9.17, 15) is 23.3 Å². The second-order valence-corrected chi connectivity index (χ2v) is 7.35. The van der Waals surface area contributed by atoms with Crippen molar-refractivity contribution in [2.75, 3.05) is 10.6 Å². The van der Waals surface area contributed by atoms with Crippen LogP contribution in [0.5, 0.6) is 0 Å². The fourth-order valence-electron chi connectivity index (χ4n) is 3.19. The average Bonchev–Trinajstić information content (AvgIpc) is 2.74. The molecule has 2 N–H and O–H groups in total. The minimum absolute atomic E-state index is 0.0793. The largest absolute Gasteiger partial charge is 0.417 e. The fraction of sp³-hybridized carbons (Fsp3) is 0.0952. The molecule has 0 radical (unpaired) electrons. The molecule has 0 bridgehead atoms. The van der Waals surface area contributed by atoms with E-state index >= 15 is 0 Å². The topological polar surface area (TPSA) is 106 Å². The highest BCUT2D eigenvalue weighted by molar-refractivity contribution is 6.31. The number of alkyl halides is 3. The number of nitro groups is 1. The highest BCUT2D eigenvalue weighted by atomic mass is 35.5. The van der Waals surface area contributed by atoms with E-state index in [4.69, 9.17) is 11.6 Å². The Kier molecular flexibility index (Phi) is 5.73. The maximum Gasteiger partial charge on any atom is 0.417 e. The van der Waals surface area contributed by atoms with Crippen LogP contribution in [0.4, 0.5) is 41.9 Å². The zero-order valence-electron chi connectivity index (χ0n) is 16.8. The first kappa shape index (κ1) is 22.2. The number of hydrogen-bond donors (Lipinski definition) is 2. The van der Waals surface area contributed by atoms with Crippen LogP contribution in [-0.4, -0.2) is 19.9 Å². The molecule has 0 aliphatic heterocycles. The average molecular weight is 475 g/mol. The number of pyridine rings is 1. The molecule has 4 aromatic rings. The molecule has 0 spiro atoms. The lowest BCUT2D eigenvalue weighted by Gasteiger charge is -2.13. The molecule has 4 rings (SSSR count). The second kappa shape index (κ2) is 8.51. The van der Waals surface area contributed by atoms with Crippen LogP contribution in [0.1, 0.15) is 11.3 Å². The standard InChI is InChI=1S/C21H14ClF3N6O2/c1-11-5-7-13-16(28-11)3-2-4-17(13)30-20-18(31(32)33)19(26-10-27-20)29-12-6-8-15(22)14(9-12)21(23,24)25/h2-10H,1H3,(H2,26,27,29,30). The number of nitrogens with zero attached hydrogens (tertiary/aromatic N) is 4. The van der Waals surface area contributed by atoms with E-state index in [0.29, 0.717) is 16.6 Å². The number of rotatable bonds is 5. The number of aryl methyl sites for hydroxylation is 1. The minimum Gasteiger partial charge on any atom is -0.334 e. The first-order valence-corrected chi connectivity index (χ1v) is 9.78. The van der Waals surface area contributed by atoms with Gasteiger partial charge in [-0.1, -0.05) is 17.7 Å². The van der Waals surface area contributed by atoms with Gasteiger partial charge in [0.2, 0.25) is 11.6 Å². The molecule has 0 aliphatic carbocycles. The van der Waals surface area contributed by atoms with Crippen molar-refractivity contribution >= 4 is 51.2 Å². The number of fused-ring (bicyclic) bond motifs is 1. The third kappa shape index (κ3) is 4.62. The van der Waals surface area contributed by atoms with E-state index in [-0.39, 0.29) is 17.3 Å². The second-order valence-electron chi connectivity index (χ2n) is 6.94. The predicted octanol–water partition coefficient (Wildman–Crippen LogP) is 6.40. The molecule has 2 heterocycles. The third-order valence-corrected chi connectivity index (χ3v) is 4.99. The Balaban J connectivity index is 1.74. The Morgan fingerprint density at radius 2 is 1.76 bits per heavy atom. The van der Waals surface area contributed by atoms with Gasteiger partial charge in [-0.15, -0.1) is 0 Å². The number of benzene rings is 2. The van der Waals surface area contributed by atoms with Crippen molar-refractivity contribution in [1.29, 1.82) is 0 Å². The molecule has 0 saturated carbocycles. The summed E-state index contributed by atoms with van der Waals surface area (Å²) in [6.07, 6.45) is -3.63. The van der Waals surface area contributed by atoms with Crippen molar-refractivity contribution in [2.45, 2.75) is 13.1 Å². The summed E-state index contributed by atoms with van der Waals surface area (Å²) in [7, 11) is 0. The molecular formula is C21H14ClF3N6O2. The minimum atomic E-state index is -4.69. The van der Waals surface area contributed by atoms with Crippen molar-refractivity contribution < 1.29 is 18.1 Å². The summed E-state index contributed by atoms with van der Waals surface area (Å²) >= 11 is 5.64. The van der Waals surface area contributed by atoms with Gasteiger partial charge in [-0.3, -0.25) is 15.1 Å². The van der Waals surface area contributed by atoms with Crippen molar-refractivity contribution in [3.05, 3.63) is 81.3 Å². The Morgan fingerprint density at radius 1 is 1.03 bits per heavy atom. The molecule has 0 atom stereocenters. The highest BCUT2D eigenvalue weighted by Gasteiger charge is 2.33. The van der Waals surface area contributed by atoms with Crippen molar-refractivity contribution in [3.8, 4) is 0 Å². The first-order chi connectivity index (χ1) is 15.6. The van der Waals surface area contributed by atoms with Gasteiger partial charge in [-0.2, -0.15) is 13.2 Å². The Bertz CT molecular complexity index is 1380. The molecule has 0 unspecified atom stereocenters. The van der Waals surface area contributed by atoms with Gasteiger partial charge in [0.1, 0.15) is 6.33 Å². The van der Waals surface area contributed by atoms with Crippen molar-refractivity contribution in [1.82, 2.24) is 15.0 Å². The maximum absolute atomic E-state index is 13.2. The van der Waals surface area contributed by atoms with Gasteiger partial charge in [0, 0.05) is 22.5 Å². The van der Waals surface area contributed by atoms with E-state index in [0.717, 1.165) is 24.2 Å². The quantitative estimate of drug-likeness (QED) is 0.254. The maximum atomic E-state index is 13.2. The SMILES string of the molecule is Cc1ccc2c(Nc3ncnc(Nc4ccc(Cl)c(C(F)(F)F)c4)c3[N+](=O)[O-])cccc2n1. The third-order valence-electron chi connectivity index (χ3n) is 4.66. The van der Waals surface area contributed by atoms with E-state index in [1.165, 1.54) is 6.07 Å². The number of halogens is 4. The lowest BCUT2D eigenvalue weighted by Crippen LogP contribution is -2.08. The Labute approximate surface area is 189 Å². The van der Waals surface area contributed by atoms with E-state index < -0.39 is 27.4 Å². The van der Waals surface area contributed by atoms with Gasteiger partial charge >= 0.3 is 11.9 Å². The molecule has 0 aliphatic rings. The van der Waals surface area contributed by atoms with Gasteiger partial charge in [0.15, 0.2) is 0 Å². The molecule has 0 saturated heterocycles. The Hall–Kier alpha value is -3.99. The van der Waals surface area contributed by atoms with Crippen LogP contribution < -0.4 is 10.6 Å². The van der Waals surface area contributed by atoms with Crippen LogP contribution in [0.3, 0.4) is 0 Å². The summed E-state index contributed by atoms with van der Waals surface area (Å²) in [6.45, 7) is 1.84. The zero-order valence-corrected chi connectivity index (χ0v) is 17.6. The molecular weight excluding hydrogens is 461 g/mol. The first-order valence-electron chi connectivity index (χ1n) is 9.40. The van der Waals surface area contributed by atoms with Crippen LogP contribution >= 0.6 is 11.6 Å². The zero-order chi connectivity index (χ0) is 23.8. The van der Waals surface area contributed by atoms with E-state index in [1.54, 1.807) is 24.3 Å². The smallest absolute Gasteiger partial charge is 0.334 e. The molecule has 12 heteroatoms. The van der Waals surface area contributed by atoms with Crippen LogP contribution in [-0.2, 0) is 6.18 Å². The fourth-order valence-corrected chi connectivity index (χ4v) is 3.41. The number of aromatic nitrogens is 3. The molecule has 33 heavy (non-hydrogen) atoms. The van der Waals surface area contributed by atoms with Gasteiger partial charge in [-0.05, 0) is 49.4 Å². The molecule has 168 valence electrons. The number of anilines is 4. The number of hydrogen-bond acceptors (Lipinski definition) is 7. The molecule has 2 aromatic carbocycles. The van der Waals surface area contributed by atoms with Crippen molar-refractivity contribution in [3.63, 3.8) is 0 Å². The summed E-state index contributed by atoms with van der Waals surface area (Å²) in [5, 5.41) is 17.5. The lowest BCUT2D eigenvalue weighted by molar-refractivity contribution is -0.383. The summed E-state index contributed by atoms with van der Waals surface area (Å²) in [4.78, 5) is 23.4. The van der Waals surface area contributed by atoms with Crippen LogP contribution in [0, 0.1) is 17.0 Å². The predicted molar refractivity (Wildman–Crippen MR) is 118 cm³/mol. The molecule has 0 amide bonds. The van der Waals surface area contributed by atoms with Gasteiger partial charge in [0.25, 0.3) is 0 Å². The van der Waals surface area contributed by atoms with E-state index in [1.807, 2.05) is 13.0 Å². The molecule has 0 fully saturated rings. The summed E-state index contributed by atoms with van der Waals surface area (Å²) in [5.41, 5.74) is 0.292. The lowest BCUT2D eigenvalue weighted by atomic mass is 10.1. The summed E-state index contributed by atoms with van der Waals surface area (Å²) in [5.74, 6) is -0.433. The summed E-state index contributed by atoms with van der Waals surface area (Å²) in [6, 6.07) is 11.9. The highest BCUT2D eigenvalue weighted by Crippen LogP contribution is 2.38. The Morgan fingerprint density at radius 3 is 2.45 bits per heavy atom. The molecule has 8 nitrogen and oxygen atoms in total. The summed E-state index contributed by atoms with van der Waals surface area (Å²) < 4.78 is 39.5. The normalized spacial score (nSPS) is 11.4. The van der Waals surface area contributed by atoms with Crippen molar-refractivity contribution in [2.24, 2.45) is 0 Å². The van der Waals surface area contributed by atoms with E-state index in [2.05, 4.69) is 25.6 Å². The van der Waals surface area contributed by atoms with Gasteiger partial charge in [-0.25, -0.2) is 9.97 Å². The number of nitrogens with one attached hydrogen (secondary N) is 2. The monoisotopic (exact) mass is 474 g/mol.